The third-order valence-corrected chi connectivity index (χ3v) is 3.67. The summed E-state index contributed by atoms with van der Waals surface area (Å²) in [7, 11) is 0. The van der Waals surface area contributed by atoms with Gasteiger partial charge < -0.3 is 16.2 Å². The summed E-state index contributed by atoms with van der Waals surface area (Å²) in [6.45, 7) is 7.83. The number of nitrogens with one attached hydrogen (secondary N) is 1. The number of hydrogen-bond donors (Lipinski definition) is 3. The highest BCUT2D eigenvalue weighted by molar-refractivity contribution is 5.88. The van der Waals surface area contributed by atoms with Gasteiger partial charge in [-0.2, -0.15) is 0 Å². The number of aliphatic hydroxyl groups excluding tert-OH is 1. The van der Waals surface area contributed by atoms with Gasteiger partial charge in [0.1, 0.15) is 12.1 Å². The van der Waals surface area contributed by atoms with Gasteiger partial charge in [0.05, 0.1) is 0 Å². The fourth-order valence-electron chi connectivity index (χ4n) is 2.21. The lowest BCUT2D eigenvalue weighted by Gasteiger charge is -2.19. The van der Waals surface area contributed by atoms with E-state index in [0.29, 0.717) is 12.8 Å². The Labute approximate surface area is 131 Å². The molecule has 0 heterocycles. The lowest BCUT2D eigenvalue weighted by atomic mass is 10.00. The standard InChI is InChI=1S/C17H26N2O3/c1-10(2)7-15(20)17(22)19-14(16(18)21)9-13-6-5-11(3)12(4)8-13/h5-6,8,10,14-15,20H,7,9H2,1-4H3,(H2,18,21)(H,19,22)/t14-,15+/m1/s1. The molecule has 5 nitrogen and oxygen atoms in total. The molecule has 0 saturated carbocycles. The maximum absolute atomic E-state index is 11.9. The molecular weight excluding hydrogens is 280 g/mol. The molecule has 0 aliphatic rings. The van der Waals surface area contributed by atoms with Crippen molar-refractivity contribution in [2.75, 3.05) is 0 Å². The Morgan fingerprint density at radius 2 is 1.86 bits per heavy atom. The fraction of sp³-hybridized carbons (Fsp3) is 0.529. The molecule has 1 aromatic carbocycles. The molecule has 1 aromatic rings. The zero-order chi connectivity index (χ0) is 16.9. The Morgan fingerprint density at radius 1 is 1.23 bits per heavy atom. The molecule has 0 spiro atoms. The minimum Gasteiger partial charge on any atom is -0.383 e. The summed E-state index contributed by atoms with van der Waals surface area (Å²) in [4.78, 5) is 23.5. The highest BCUT2D eigenvalue weighted by atomic mass is 16.3. The summed E-state index contributed by atoms with van der Waals surface area (Å²) >= 11 is 0. The van der Waals surface area contributed by atoms with Gasteiger partial charge in [0, 0.05) is 6.42 Å². The van der Waals surface area contributed by atoms with Crippen molar-refractivity contribution < 1.29 is 14.7 Å². The highest BCUT2D eigenvalue weighted by Gasteiger charge is 2.23. The maximum atomic E-state index is 11.9. The van der Waals surface area contributed by atoms with E-state index in [4.69, 9.17) is 5.73 Å². The zero-order valence-electron chi connectivity index (χ0n) is 13.7. The molecule has 1 rings (SSSR count). The van der Waals surface area contributed by atoms with Crippen molar-refractivity contribution in [1.82, 2.24) is 5.32 Å². The van der Waals surface area contributed by atoms with Crippen LogP contribution in [0.2, 0.25) is 0 Å². The first kappa shape index (κ1) is 18.2. The van der Waals surface area contributed by atoms with Crippen LogP contribution in [0.15, 0.2) is 18.2 Å². The Hall–Kier alpha value is -1.88. The average Bonchev–Trinajstić information content (AvgIpc) is 2.41. The van der Waals surface area contributed by atoms with Gasteiger partial charge in [0.15, 0.2) is 0 Å². The number of carbonyl (C=O) groups excluding carboxylic acids is 2. The van der Waals surface area contributed by atoms with E-state index in [1.54, 1.807) is 0 Å². The van der Waals surface area contributed by atoms with E-state index in [0.717, 1.165) is 16.7 Å². The minimum absolute atomic E-state index is 0.188. The van der Waals surface area contributed by atoms with Crippen LogP contribution in [0.5, 0.6) is 0 Å². The SMILES string of the molecule is Cc1ccc(C[C@@H](NC(=O)[C@@H](O)CC(C)C)C(N)=O)cc1C. The summed E-state index contributed by atoms with van der Waals surface area (Å²) in [5, 5.41) is 12.3. The summed E-state index contributed by atoms with van der Waals surface area (Å²) in [6.07, 6.45) is -0.459. The number of hydrogen-bond acceptors (Lipinski definition) is 3. The Kier molecular flexibility index (Phi) is 6.56. The molecule has 0 aromatic heterocycles. The molecule has 0 bridgehead atoms. The molecule has 0 aliphatic carbocycles. The first-order valence-electron chi connectivity index (χ1n) is 7.54. The second-order valence-electron chi connectivity index (χ2n) is 6.23. The predicted octanol–water partition coefficient (Wildman–Crippen LogP) is 1.22. The number of aryl methyl sites for hydroxylation is 2. The number of nitrogens with two attached hydrogens (primary N) is 1. The Balaban J connectivity index is 2.75. The van der Waals surface area contributed by atoms with Gasteiger partial charge in [-0.15, -0.1) is 0 Å². The summed E-state index contributed by atoms with van der Waals surface area (Å²) in [5.74, 6) is -0.975. The molecule has 2 amide bonds. The van der Waals surface area contributed by atoms with Gasteiger partial charge in [-0.25, -0.2) is 0 Å². The Morgan fingerprint density at radius 3 is 2.36 bits per heavy atom. The highest BCUT2D eigenvalue weighted by Crippen LogP contribution is 2.12. The van der Waals surface area contributed by atoms with Crippen molar-refractivity contribution in [1.29, 1.82) is 0 Å². The summed E-state index contributed by atoms with van der Waals surface area (Å²) in [5.41, 5.74) is 8.57. The average molecular weight is 306 g/mol. The van der Waals surface area contributed by atoms with Crippen molar-refractivity contribution in [2.45, 2.75) is 52.7 Å². The smallest absolute Gasteiger partial charge is 0.249 e. The molecule has 122 valence electrons. The molecule has 22 heavy (non-hydrogen) atoms. The first-order chi connectivity index (χ1) is 10.2. The third-order valence-electron chi connectivity index (χ3n) is 3.67. The number of aliphatic hydroxyl groups is 1. The number of amides is 2. The van der Waals surface area contributed by atoms with E-state index in [9.17, 15) is 14.7 Å². The van der Waals surface area contributed by atoms with E-state index in [1.807, 2.05) is 45.9 Å². The second-order valence-corrected chi connectivity index (χ2v) is 6.23. The van der Waals surface area contributed by atoms with E-state index in [1.165, 1.54) is 0 Å². The molecule has 5 heteroatoms. The topological polar surface area (TPSA) is 92.4 Å². The van der Waals surface area contributed by atoms with Gasteiger partial charge in [-0.3, -0.25) is 9.59 Å². The monoisotopic (exact) mass is 306 g/mol. The minimum atomic E-state index is -1.12. The van der Waals surface area contributed by atoms with E-state index in [2.05, 4.69) is 5.32 Å². The Bertz CT molecular complexity index is 541. The van der Waals surface area contributed by atoms with Crippen LogP contribution in [0.3, 0.4) is 0 Å². The number of rotatable bonds is 7. The first-order valence-corrected chi connectivity index (χ1v) is 7.54. The predicted molar refractivity (Wildman–Crippen MR) is 86.2 cm³/mol. The molecule has 4 N–H and O–H groups in total. The van der Waals surface area contributed by atoms with E-state index in [-0.39, 0.29) is 5.92 Å². The lowest BCUT2D eigenvalue weighted by Crippen LogP contribution is -2.49. The second kappa shape index (κ2) is 7.94. The van der Waals surface area contributed by atoms with Gasteiger partial charge in [-0.05, 0) is 42.9 Å². The van der Waals surface area contributed by atoms with Crippen LogP contribution < -0.4 is 11.1 Å². The normalized spacial score (nSPS) is 13.7. The molecule has 0 aliphatic heterocycles. The van der Waals surface area contributed by atoms with E-state index >= 15 is 0 Å². The number of carbonyl (C=O) groups is 2. The lowest BCUT2D eigenvalue weighted by molar-refractivity contribution is -0.133. The molecular formula is C17H26N2O3. The quantitative estimate of drug-likeness (QED) is 0.707. The van der Waals surface area contributed by atoms with Crippen LogP contribution in [0, 0.1) is 19.8 Å². The van der Waals surface area contributed by atoms with Crippen LogP contribution in [0.4, 0.5) is 0 Å². The number of primary amides is 1. The number of benzene rings is 1. The van der Waals surface area contributed by atoms with Gasteiger partial charge in [0.2, 0.25) is 11.8 Å². The van der Waals surface area contributed by atoms with Gasteiger partial charge in [0.25, 0.3) is 0 Å². The van der Waals surface area contributed by atoms with Crippen molar-refractivity contribution in [3.8, 4) is 0 Å². The summed E-state index contributed by atoms with van der Waals surface area (Å²) < 4.78 is 0. The molecule has 0 radical (unpaired) electrons. The molecule has 0 fully saturated rings. The van der Waals surface area contributed by atoms with Crippen LogP contribution in [0.1, 0.15) is 37.0 Å². The van der Waals surface area contributed by atoms with Crippen LogP contribution >= 0.6 is 0 Å². The van der Waals surface area contributed by atoms with Crippen molar-refractivity contribution in [3.63, 3.8) is 0 Å². The van der Waals surface area contributed by atoms with Gasteiger partial charge in [-0.1, -0.05) is 32.0 Å². The third kappa shape index (κ3) is 5.48. The van der Waals surface area contributed by atoms with Crippen molar-refractivity contribution in [3.05, 3.63) is 34.9 Å². The largest absolute Gasteiger partial charge is 0.383 e. The van der Waals surface area contributed by atoms with Gasteiger partial charge >= 0.3 is 0 Å². The van der Waals surface area contributed by atoms with Crippen molar-refractivity contribution in [2.24, 2.45) is 11.7 Å². The van der Waals surface area contributed by atoms with Crippen LogP contribution in [-0.2, 0) is 16.0 Å². The van der Waals surface area contributed by atoms with Crippen LogP contribution in [0.25, 0.3) is 0 Å². The fourth-order valence-corrected chi connectivity index (χ4v) is 2.21. The summed E-state index contributed by atoms with van der Waals surface area (Å²) in [6, 6.07) is 5.03. The van der Waals surface area contributed by atoms with E-state index < -0.39 is 24.0 Å². The molecule has 0 saturated heterocycles. The zero-order valence-corrected chi connectivity index (χ0v) is 13.7. The van der Waals surface area contributed by atoms with Crippen molar-refractivity contribution >= 4 is 11.8 Å². The molecule has 0 unspecified atom stereocenters. The van der Waals surface area contributed by atoms with Crippen LogP contribution in [-0.4, -0.2) is 29.1 Å². The maximum Gasteiger partial charge on any atom is 0.249 e. The molecule has 2 atom stereocenters.